The molecule has 0 radical (unpaired) electrons. The Balaban J connectivity index is 1.87. The number of rotatable bonds is 3. The van der Waals surface area contributed by atoms with Gasteiger partial charge in [0.1, 0.15) is 0 Å². The van der Waals surface area contributed by atoms with Crippen LogP contribution >= 0.6 is 0 Å². The lowest BCUT2D eigenvalue weighted by molar-refractivity contribution is 0.188. The molecule has 0 spiro atoms. The van der Waals surface area contributed by atoms with E-state index in [9.17, 15) is 0 Å². The van der Waals surface area contributed by atoms with E-state index in [0.29, 0.717) is 0 Å². The summed E-state index contributed by atoms with van der Waals surface area (Å²) in [5, 5.41) is 3.75. The van der Waals surface area contributed by atoms with E-state index in [1.807, 2.05) is 0 Å². The van der Waals surface area contributed by atoms with Gasteiger partial charge in [-0.15, -0.1) is 0 Å². The first-order chi connectivity index (χ1) is 7.66. The van der Waals surface area contributed by atoms with Crippen molar-refractivity contribution >= 4 is 0 Å². The average Bonchev–Trinajstić information content (AvgIpc) is 2.66. The van der Waals surface area contributed by atoms with Crippen molar-refractivity contribution in [3.8, 4) is 0 Å². The molecule has 1 saturated heterocycles. The monoisotopic (exact) mass is 223 g/mol. The van der Waals surface area contributed by atoms with Crippen molar-refractivity contribution in [2.24, 2.45) is 23.7 Å². The summed E-state index contributed by atoms with van der Waals surface area (Å²) >= 11 is 0. The van der Waals surface area contributed by atoms with Gasteiger partial charge in [-0.25, -0.2) is 0 Å². The molecule has 2 aliphatic rings. The first-order valence-electron chi connectivity index (χ1n) is 7.40. The third-order valence-electron chi connectivity index (χ3n) is 4.79. The normalized spacial score (nSPS) is 40.5. The molecule has 0 amide bonds. The zero-order chi connectivity index (χ0) is 11.5. The molecule has 0 aromatic heterocycles. The molecule has 1 N–H and O–H groups in total. The molecule has 2 atom stereocenters. The molecule has 94 valence electrons. The second-order valence-corrected chi connectivity index (χ2v) is 6.66. The summed E-state index contributed by atoms with van der Waals surface area (Å²) < 4.78 is 0. The van der Waals surface area contributed by atoms with Crippen LogP contribution in [0, 0.1) is 23.7 Å². The largest absolute Gasteiger partial charge is 0.314 e. The Bertz CT molecular complexity index is 203. The third kappa shape index (κ3) is 3.00. The topological polar surface area (TPSA) is 12.0 Å². The Morgan fingerprint density at radius 2 is 1.75 bits per heavy atom. The van der Waals surface area contributed by atoms with Crippen LogP contribution in [-0.4, -0.2) is 12.6 Å². The fourth-order valence-electron chi connectivity index (χ4n) is 3.83. The van der Waals surface area contributed by atoms with E-state index in [4.69, 9.17) is 0 Å². The molecule has 0 aromatic carbocycles. The predicted molar refractivity (Wildman–Crippen MR) is 70.5 cm³/mol. The van der Waals surface area contributed by atoms with E-state index in [-0.39, 0.29) is 0 Å². The molecule has 2 unspecified atom stereocenters. The van der Waals surface area contributed by atoms with Gasteiger partial charge in [0, 0.05) is 6.04 Å². The molecule has 2 rings (SSSR count). The summed E-state index contributed by atoms with van der Waals surface area (Å²) in [7, 11) is 0. The van der Waals surface area contributed by atoms with Crippen LogP contribution in [0.2, 0.25) is 0 Å². The van der Waals surface area contributed by atoms with Gasteiger partial charge < -0.3 is 5.32 Å². The number of nitrogens with one attached hydrogen (secondary N) is 1. The fraction of sp³-hybridized carbons (Fsp3) is 1.00. The Morgan fingerprint density at radius 3 is 2.38 bits per heavy atom. The standard InChI is InChI=1S/C15H29N/c1-11(2)10-15-14(8-9-16-15)13-6-4-12(3)5-7-13/h11-16H,4-10H2,1-3H3. The lowest BCUT2D eigenvalue weighted by Crippen LogP contribution is -2.33. The molecule has 0 aromatic rings. The molecule has 0 bridgehead atoms. The molecule has 1 aliphatic heterocycles. The van der Waals surface area contributed by atoms with Crippen molar-refractivity contribution in [1.82, 2.24) is 5.32 Å². The van der Waals surface area contributed by atoms with Crippen molar-refractivity contribution in [2.45, 2.75) is 65.3 Å². The second kappa shape index (κ2) is 5.53. The second-order valence-electron chi connectivity index (χ2n) is 6.66. The molecule has 1 aliphatic carbocycles. The summed E-state index contributed by atoms with van der Waals surface area (Å²) in [4.78, 5) is 0. The van der Waals surface area contributed by atoms with Gasteiger partial charge in [-0.2, -0.15) is 0 Å². The van der Waals surface area contributed by atoms with Gasteiger partial charge in [0.05, 0.1) is 0 Å². The van der Waals surface area contributed by atoms with Crippen molar-refractivity contribution < 1.29 is 0 Å². The van der Waals surface area contributed by atoms with Crippen LogP contribution in [-0.2, 0) is 0 Å². The van der Waals surface area contributed by atoms with Crippen LogP contribution in [0.3, 0.4) is 0 Å². The molecule has 2 fully saturated rings. The lowest BCUT2D eigenvalue weighted by Gasteiger charge is -2.34. The van der Waals surface area contributed by atoms with E-state index < -0.39 is 0 Å². The van der Waals surface area contributed by atoms with Crippen LogP contribution in [0.1, 0.15) is 59.3 Å². The minimum absolute atomic E-state index is 0.832. The van der Waals surface area contributed by atoms with Gasteiger partial charge in [-0.05, 0) is 55.9 Å². The summed E-state index contributed by atoms with van der Waals surface area (Å²) in [6.45, 7) is 8.42. The fourth-order valence-corrected chi connectivity index (χ4v) is 3.83. The maximum Gasteiger partial charge on any atom is 0.0101 e. The average molecular weight is 223 g/mol. The predicted octanol–water partition coefficient (Wildman–Crippen LogP) is 3.84. The smallest absolute Gasteiger partial charge is 0.0101 e. The summed E-state index contributed by atoms with van der Waals surface area (Å²) in [6, 6.07) is 0.832. The van der Waals surface area contributed by atoms with Crippen LogP contribution in [0.5, 0.6) is 0 Å². The van der Waals surface area contributed by atoms with Gasteiger partial charge in [0.15, 0.2) is 0 Å². The molecule has 1 heteroatoms. The minimum atomic E-state index is 0.832. The van der Waals surface area contributed by atoms with Crippen molar-refractivity contribution in [2.75, 3.05) is 6.54 Å². The maximum absolute atomic E-state index is 3.75. The zero-order valence-electron chi connectivity index (χ0n) is 11.3. The first-order valence-corrected chi connectivity index (χ1v) is 7.40. The summed E-state index contributed by atoms with van der Waals surface area (Å²) in [5.74, 6) is 3.87. The van der Waals surface area contributed by atoms with Gasteiger partial charge in [0.25, 0.3) is 0 Å². The molecular weight excluding hydrogens is 194 g/mol. The zero-order valence-corrected chi connectivity index (χ0v) is 11.3. The highest BCUT2D eigenvalue weighted by Gasteiger charge is 2.34. The molecule has 1 saturated carbocycles. The number of hydrogen-bond acceptors (Lipinski definition) is 1. The Morgan fingerprint density at radius 1 is 1.06 bits per heavy atom. The van der Waals surface area contributed by atoms with Crippen LogP contribution < -0.4 is 5.32 Å². The van der Waals surface area contributed by atoms with Crippen molar-refractivity contribution in [3.05, 3.63) is 0 Å². The summed E-state index contributed by atoms with van der Waals surface area (Å²) in [5.41, 5.74) is 0. The van der Waals surface area contributed by atoms with Crippen LogP contribution in [0.15, 0.2) is 0 Å². The van der Waals surface area contributed by atoms with Gasteiger partial charge >= 0.3 is 0 Å². The summed E-state index contributed by atoms with van der Waals surface area (Å²) in [6.07, 6.45) is 8.79. The molecular formula is C15H29N. The van der Waals surface area contributed by atoms with Gasteiger partial charge in [-0.1, -0.05) is 33.6 Å². The van der Waals surface area contributed by atoms with E-state index in [1.54, 1.807) is 0 Å². The molecule has 1 heterocycles. The quantitative estimate of drug-likeness (QED) is 0.766. The molecule has 16 heavy (non-hydrogen) atoms. The Labute approximate surface area is 101 Å². The van der Waals surface area contributed by atoms with E-state index >= 15 is 0 Å². The van der Waals surface area contributed by atoms with Crippen molar-refractivity contribution in [1.29, 1.82) is 0 Å². The number of hydrogen-bond donors (Lipinski definition) is 1. The maximum atomic E-state index is 3.75. The van der Waals surface area contributed by atoms with Crippen LogP contribution in [0.4, 0.5) is 0 Å². The van der Waals surface area contributed by atoms with Gasteiger partial charge in [-0.3, -0.25) is 0 Å². The Hall–Kier alpha value is -0.0400. The third-order valence-corrected chi connectivity index (χ3v) is 4.79. The highest BCUT2D eigenvalue weighted by atomic mass is 15.0. The molecule has 1 nitrogen and oxygen atoms in total. The highest BCUT2D eigenvalue weighted by molar-refractivity contribution is 4.90. The van der Waals surface area contributed by atoms with E-state index in [0.717, 1.165) is 29.7 Å². The highest BCUT2D eigenvalue weighted by Crippen LogP contribution is 2.38. The Kier molecular flexibility index (Phi) is 4.29. The first kappa shape index (κ1) is 12.4. The van der Waals surface area contributed by atoms with Gasteiger partial charge in [0.2, 0.25) is 0 Å². The van der Waals surface area contributed by atoms with E-state index in [1.165, 1.54) is 45.1 Å². The SMILES string of the molecule is CC(C)CC1NCCC1C1CCC(C)CC1. The van der Waals surface area contributed by atoms with E-state index in [2.05, 4.69) is 26.1 Å². The van der Waals surface area contributed by atoms with Crippen LogP contribution in [0.25, 0.3) is 0 Å². The minimum Gasteiger partial charge on any atom is -0.314 e. The lowest BCUT2D eigenvalue weighted by atomic mass is 9.73. The van der Waals surface area contributed by atoms with Crippen molar-refractivity contribution in [3.63, 3.8) is 0 Å².